The zero-order chi connectivity index (χ0) is 12.8. The number of morpholine rings is 1. The van der Waals surface area contributed by atoms with E-state index in [9.17, 15) is 4.79 Å². The van der Waals surface area contributed by atoms with Crippen LogP contribution in [-0.4, -0.2) is 43.8 Å². The fourth-order valence-corrected chi connectivity index (χ4v) is 2.95. The van der Waals surface area contributed by atoms with Gasteiger partial charge in [0.15, 0.2) is 0 Å². The molecule has 2 aliphatic rings. The molecule has 2 amide bonds. The highest BCUT2D eigenvalue weighted by Crippen LogP contribution is 2.30. The van der Waals surface area contributed by atoms with Crippen molar-refractivity contribution < 1.29 is 9.53 Å². The molecular formula is C14H26N2O2. The lowest BCUT2D eigenvalue weighted by molar-refractivity contribution is 0.0528. The summed E-state index contributed by atoms with van der Waals surface area (Å²) in [5.74, 6) is 1.62. The van der Waals surface area contributed by atoms with Gasteiger partial charge in [0.25, 0.3) is 0 Å². The quantitative estimate of drug-likeness (QED) is 0.839. The number of rotatable bonds is 3. The third-order valence-electron chi connectivity index (χ3n) is 4.38. The smallest absolute Gasteiger partial charge is 0.317 e. The Kier molecular flexibility index (Phi) is 5.29. The summed E-state index contributed by atoms with van der Waals surface area (Å²) >= 11 is 0. The van der Waals surface area contributed by atoms with E-state index in [0.717, 1.165) is 25.6 Å². The zero-order valence-electron chi connectivity index (χ0n) is 11.5. The van der Waals surface area contributed by atoms with E-state index in [1.165, 1.54) is 32.1 Å². The molecule has 0 aromatic heterocycles. The van der Waals surface area contributed by atoms with E-state index >= 15 is 0 Å². The largest absolute Gasteiger partial charge is 0.378 e. The monoisotopic (exact) mass is 254 g/mol. The molecule has 1 heterocycles. The van der Waals surface area contributed by atoms with Crippen molar-refractivity contribution in [2.75, 3.05) is 32.8 Å². The molecule has 1 saturated heterocycles. The zero-order valence-corrected chi connectivity index (χ0v) is 11.5. The molecule has 0 bridgehead atoms. The van der Waals surface area contributed by atoms with Crippen molar-refractivity contribution in [1.29, 1.82) is 0 Å². The predicted molar refractivity (Wildman–Crippen MR) is 71.5 cm³/mol. The van der Waals surface area contributed by atoms with Crippen LogP contribution in [0.2, 0.25) is 0 Å². The fourth-order valence-electron chi connectivity index (χ4n) is 2.95. The molecule has 0 atom stereocenters. The van der Waals surface area contributed by atoms with Crippen LogP contribution in [0.3, 0.4) is 0 Å². The van der Waals surface area contributed by atoms with Crippen molar-refractivity contribution >= 4 is 6.03 Å². The molecule has 0 spiro atoms. The number of nitrogens with zero attached hydrogens (tertiary/aromatic N) is 1. The molecule has 2 fully saturated rings. The van der Waals surface area contributed by atoms with Crippen LogP contribution in [-0.2, 0) is 4.74 Å². The number of amides is 2. The maximum Gasteiger partial charge on any atom is 0.317 e. The van der Waals surface area contributed by atoms with Gasteiger partial charge in [0.05, 0.1) is 13.2 Å². The van der Waals surface area contributed by atoms with Crippen LogP contribution in [0, 0.1) is 11.8 Å². The first-order valence-corrected chi connectivity index (χ1v) is 7.40. The maximum absolute atomic E-state index is 11.9. The Morgan fingerprint density at radius 1 is 1.17 bits per heavy atom. The van der Waals surface area contributed by atoms with Crippen LogP contribution in [0.4, 0.5) is 4.79 Å². The molecule has 18 heavy (non-hydrogen) atoms. The normalized spacial score (nSPS) is 29.1. The molecule has 1 aliphatic heterocycles. The Labute approximate surface area is 110 Å². The highest BCUT2D eigenvalue weighted by molar-refractivity contribution is 5.74. The van der Waals surface area contributed by atoms with Crippen molar-refractivity contribution in [2.24, 2.45) is 11.8 Å². The summed E-state index contributed by atoms with van der Waals surface area (Å²) in [6, 6.07) is 0.0934. The van der Waals surface area contributed by atoms with Crippen LogP contribution in [0.5, 0.6) is 0 Å². The minimum absolute atomic E-state index is 0.0934. The molecule has 1 saturated carbocycles. The second-order valence-corrected chi connectivity index (χ2v) is 5.58. The Morgan fingerprint density at radius 3 is 2.39 bits per heavy atom. The Morgan fingerprint density at radius 2 is 1.78 bits per heavy atom. The van der Waals surface area contributed by atoms with Gasteiger partial charge >= 0.3 is 6.03 Å². The number of hydrogen-bond donors (Lipinski definition) is 1. The van der Waals surface area contributed by atoms with E-state index in [4.69, 9.17) is 4.74 Å². The van der Waals surface area contributed by atoms with Gasteiger partial charge in [-0.1, -0.05) is 26.2 Å². The lowest BCUT2D eigenvalue weighted by atomic mass is 9.81. The van der Waals surface area contributed by atoms with E-state index in [1.54, 1.807) is 0 Å². The SMILES string of the molecule is CCC1CCC(CNC(=O)N2CCOCC2)CC1. The van der Waals surface area contributed by atoms with Gasteiger partial charge in [-0.2, -0.15) is 0 Å². The minimum Gasteiger partial charge on any atom is -0.378 e. The van der Waals surface area contributed by atoms with Crippen molar-refractivity contribution in [3.8, 4) is 0 Å². The number of ether oxygens (including phenoxy) is 1. The molecule has 1 N–H and O–H groups in total. The molecule has 4 heteroatoms. The summed E-state index contributed by atoms with van der Waals surface area (Å²) in [7, 11) is 0. The average Bonchev–Trinajstić information content (AvgIpc) is 2.46. The van der Waals surface area contributed by atoms with Gasteiger partial charge in [0, 0.05) is 19.6 Å². The van der Waals surface area contributed by atoms with Crippen LogP contribution < -0.4 is 5.32 Å². The molecule has 4 nitrogen and oxygen atoms in total. The molecule has 0 aromatic rings. The summed E-state index contributed by atoms with van der Waals surface area (Å²) in [6.07, 6.45) is 6.56. The van der Waals surface area contributed by atoms with Crippen molar-refractivity contribution in [1.82, 2.24) is 10.2 Å². The molecular weight excluding hydrogens is 228 g/mol. The second-order valence-electron chi connectivity index (χ2n) is 5.58. The van der Waals surface area contributed by atoms with Crippen molar-refractivity contribution in [2.45, 2.75) is 39.0 Å². The predicted octanol–water partition coefficient (Wildman–Crippen LogP) is 2.24. The van der Waals surface area contributed by atoms with Gasteiger partial charge in [-0.15, -0.1) is 0 Å². The fraction of sp³-hybridized carbons (Fsp3) is 0.929. The van der Waals surface area contributed by atoms with Gasteiger partial charge in [-0.25, -0.2) is 4.79 Å². The highest BCUT2D eigenvalue weighted by Gasteiger charge is 2.22. The van der Waals surface area contributed by atoms with Gasteiger partial charge in [-0.3, -0.25) is 0 Å². The second kappa shape index (κ2) is 6.98. The number of nitrogens with one attached hydrogen (secondary N) is 1. The first-order valence-electron chi connectivity index (χ1n) is 7.40. The third kappa shape index (κ3) is 3.87. The first kappa shape index (κ1) is 13.7. The van der Waals surface area contributed by atoms with Crippen LogP contribution in [0.1, 0.15) is 39.0 Å². The van der Waals surface area contributed by atoms with Crippen LogP contribution >= 0.6 is 0 Å². The molecule has 0 unspecified atom stereocenters. The third-order valence-corrected chi connectivity index (χ3v) is 4.38. The summed E-state index contributed by atoms with van der Waals surface area (Å²) in [5, 5.41) is 3.09. The first-order chi connectivity index (χ1) is 8.79. The molecule has 2 rings (SSSR count). The van der Waals surface area contributed by atoms with E-state index in [1.807, 2.05) is 4.90 Å². The van der Waals surface area contributed by atoms with Crippen molar-refractivity contribution in [3.05, 3.63) is 0 Å². The Bertz CT molecular complexity index is 257. The van der Waals surface area contributed by atoms with E-state index in [-0.39, 0.29) is 6.03 Å². The van der Waals surface area contributed by atoms with Crippen LogP contribution in [0.15, 0.2) is 0 Å². The molecule has 1 aliphatic carbocycles. The van der Waals surface area contributed by atoms with E-state index in [0.29, 0.717) is 19.1 Å². The minimum atomic E-state index is 0.0934. The van der Waals surface area contributed by atoms with Gasteiger partial charge < -0.3 is 15.0 Å². The topological polar surface area (TPSA) is 41.6 Å². The summed E-state index contributed by atoms with van der Waals surface area (Å²) in [5.41, 5.74) is 0. The van der Waals surface area contributed by atoms with Crippen LogP contribution in [0.25, 0.3) is 0 Å². The molecule has 104 valence electrons. The highest BCUT2D eigenvalue weighted by atomic mass is 16.5. The average molecular weight is 254 g/mol. The lowest BCUT2D eigenvalue weighted by Gasteiger charge is -2.30. The lowest BCUT2D eigenvalue weighted by Crippen LogP contribution is -2.47. The van der Waals surface area contributed by atoms with E-state index < -0.39 is 0 Å². The number of carbonyl (C=O) groups excluding carboxylic acids is 1. The molecule has 0 radical (unpaired) electrons. The van der Waals surface area contributed by atoms with Crippen molar-refractivity contribution in [3.63, 3.8) is 0 Å². The summed E-state index contributed by atoms with van der Waals surface area (Å²) < 4.78 is 5.25. The van der Waals surface area contributed by atoms with Gasteiger partial charge in [-0.05, 0) is 24.7 Å². The summed E-state index contributed by atoms with van der Waals surface area (Å²) in [4.78, 5) is 13.8. The summed E-state index contributed by atoms with van der Waals surface area (Å²) in [6.45, 7) is 5.95. The van der Waals surface area contributed by atoms with Gasteiger partial charge in [0.2, 0.25) is 0 Å². The maximum atomic E-state index is 11.9. The standard InChI is InChI=1S/C14H26N2O2/c1-2-12-3-5-13(6-4-12)11-15-14(17)16-7-9-18-10-8-16/h12-13H,2-11H2,1H3,(H,15,17). The number of urea groups is 1. The Hall–Kier alpha value is -0.770. The molecule has 0 aromatic carbocycles. The van der Waals surface area contributed by atoms with Gasteiger partial charge in [0.1, 0.15) is 0 Å². The van der Waals surface area contributed by atoms with E-state index in [2.05, 4.69) is 12.2 Å². The Balaban J connectivity index is 1.63. The number of carbonyl (C=O) groups is 1. The number of hydrogen-bond acceptors (Lipinski definition) is 2.